The molecule has 32 heavy (non-hydrogen) atoms. The smallest absolute Gasteiger partial charge is 0.242 e. The predicted octanol–water partition coefficient (Wildman–Crippen LogP) is 4.96. The molecule has 4 rings (SSSR count). The number of ether oxygens (including phenoxy) is 1. The molecule has 0 radical (unpaired) electrons. The van der Waals surface area contributed by atoms with Gasteiger partial charge in [0.2, 0.25) is 11.8 Å². The third kappa shape index (κ3) is 4.23. The number of aryl methyl sites for hydroxylation is 3. The van der Waals surface area contributed by atoms with Gasteiger partial charge >= 0.3 is 0 Å². The Hall–Kier alpha value is -3.26. The molecule has 4 aromatic rings. The van der Waals surface area contributed by atoms with Gasteiger partial charge in [-0.15, -0.1) is 16.4 Å². The van der Waals surface area contributed by atoms with E-state index < -0.39 is 0 Å². The Morgan fingerprint density at radius 2 is 1.97 bits per heavy atom. The van der Waals surface area contributed by atoms with Gasteiger partial charge in [0.25, 0.3) is 0 Å². The van der Waals surface area contributed by atoms with Crippen molar-refractivity contribution in [2.45, 2.75) is 33.2 Å². The topological polar surface area (TPSA) is 60.2 Å². The van der Waals surface area contributed by atoms with Crippen LogP contribution in [0.15, 0.2) is 41.8 Å². The van der Waals surface area contributed by atoms with E-state index in [-0.39, 0.29) is 11.7 Å². The largest absolute Gasteiger partial charge is 0.479 e. The van der Waals surface area contributed by atoms with E-state index in [0.29, 0.717) is 31.0 Å². The molecule has 0 bridgehead atoms. The van der Waals surface area contributed by atoms with Gasteiger partial charge < -0.3 is 9.64 Å². The van der Waals surface area contributed by atoms with Crippen LogP contribution in [0.5, 0.6) is 5.88 Å². The van der Waals surface area contributed by atoms with Crippen molar-refractivity contribution in [2.24, 2.45) is 7.05 Å². The van der Waals surface area contributed by atoms with Gasteiger partial charge in [-0.1, -0.05) is 6.07 Å². The molecule has 6 nitrogen and oxygen atoms in total. The minimum Gasteiger partial charge on any atom is -0.479 e. The molecule has 0 unspecified atom stereocenters. The van der Waals surface area contributed by atoms with Crippen LogP contribution >= 0.6 is 11.3 Å². The van der Waals surface area contributed by atoms with E-state index in [2.05, 4.69) is 5.10 Å². The fourth-order valence-electron chi connectivity index (χ4n) is 3.98. The highest BCUT2D eigenvalue weighted by Crippen LogP contribution is 2.31. The summed E-state index contributed by atoms with van der Waals surface area (Å²) in [6, 6.07) is 10.0. The van der Waals surface area contributed by atoms with Gasteiger partial charge in [-0.2, -0.15) is 0 Å². The summed E-state index contributed by atoms with van der Waals surface area (Å²) in [6.07, 6.45) is 0.847. The maximum absolute atomic E-state index is 13.5. The van der Waals surface area contributed by atoms with Crippen LogP contribution in [0.2, 0.25) is 0 Å². The number of aromatic nitrogens is 3. The van der Waals surface area contributed by atoms with Crippen molar-refractivity contribution in [3.8, 4) is 5.88 Å². The number of carbonyl (C=O) groups is 1. The van der Waals surface area contributed by atoms with Crippen molar-refractivity contribution in [3.05, 3.63) is 69.3 Å². The number of halogens is 1. The van der Waals surface area contributed by atoms with E-state index >= 15 is 0 Å². The second-order valence-corrected chi connectivity index (χ2v) is 8.70. The van der Waals surface area contributed by atoms with Crippen molar-refractivity contribution in [2.75, 3.05) is 12.0 Å². The zero-order valence-corrected chi connectivity index (χ0v) is 19.4. The number of fused-ring (bicyclic) bond motifs is 1. The Morgan fingerprint density at radius 1 is 1.22 bits per heavy atom. The number of carbonyl (C=O) groups excluding carboxylic acids is 1. The number of rotatable bonds is 7. The number of benzene rings is 1. The molecular weight excluding hydrogens is 427 g/mol. The summed E-state index contributed by atoms with van der Waals surface area (Å²) in [6.45, 7) is 4.42. The lowest BCUT2D eigenvalue weighted by molar-refractivity contribution is -0.118. The zero-order valence-electron chi connectivity index (χ0n) is 18.6. The van der Waals surface area contributed by atoms with Crippen LogP contribution in [0.4, 0.5) is 10.1 Å². The van der Waals surface area contributed by atoms with Gasteiger partial charge in [0.1, 0.15) is 5.82 Å². The lowest BCUT2D eigenvalue weighted by Crippen LogP contribution is -2.30. The second-order valence-electron chi connectivity index (χ2n) is 7.67. The quantitative estimate of drug-likeness (QED) is 0.398. The highest BCUT2D eigenvalue weighted by molar-refractivity contribution is 7.09. The van der Waals surface area contributed by atoms with Crippen molar-refractivity contribution < 1.29 is 13.9 Å². The molecule has 0 aliphatic rings. The van der Waals surface area contributed by atoms with E-state index in [1.807, 2.05) is 38.4 Å². The fourth-order valence-corrected chi connectivity index (χ4v) is 4.67. The molecule has 3 heterocycles. The lowest BCUT2D eigenvalue weighted by atomic mass is 10.00. The highest BCUT2D eigenvalue weighted by atomic mass is 32.1. The molecule has 3 aromatic heterocycles. The molecule has 0 N–H and O–H groups in total. The molecule has 0 aliphatic carbocycles. The first-order valence-electron chi connectivity index (χ1n) is 10.3. The predicted molar refractivity (Wildman–Crippen MR) is 125 cm³/mol. The number of amides is 1. The third-order valence-corrected chi connectivity index (χ3v) is 6.50. The maximum atomic E-state index is 13.5. The summed E-state index contributed by atoms with van der Waals surface area (Å²) >= 11 is 1.59. The number of nitrogens with zero attached hydrogens (tertiary/aromatic N) is 4. The molecule has 8 heteroatoms. The van der Waals surface area contributed by atoms with E-state index in [0.717, 1.165) is 32.7 Å². The Balaban J connectivity index is 1.61. The Kier molecular flexibility index (Phi) is 6.23. The number of methoxy groups -OCH3 is 1. The average Bonchev–Trinajstić information content (AvgIpc) is 3.40. The molecule has 0 atom stereocenters. The van der Waals surface area contributed by atoms with Crippen LogP contribution in [0.3, 0.4) is 0 Å². The summed E-state index contributed by atoms with van der Waals surface area (Å²) in [5.74, 6) is 0.182. The number of pyridine rings is 1. The summed E-state index contributed by atoms with van der Waals surface area (Å²) in [4.78, 5) is 20.8. The number of thiophene rings is 1. The van der Waals surface area contributed by atoms with Crippen LogP contribution in [-0.2, 0) is 24.8 Å². The van der Waals surface area contributed by atoms with E-state index in [1.165, 1.54) is 12.1 Å². The van der Waals surface area contributed by atoms with Crippen molar-refractivity contribution in [1.29, 1.82) is 0 Å². The van der Waals surface area contributed by atoms with Crippen molar-refractivity contribution in [3.63, 3.8) is 0 Å². The number of hydrogen-bond acceptors (Lipinski definition) is 5. The summed E-state index contributed by atoms with van der Waals surface area (Å²) < 4.78 is 20.6. The molecular formula is C24H25FN4O2S. The summed E-state index contributed by atoms with van der Waals surface area (Å²) in [7, 11) is 3.43. The van der Waals surface area contributed by atoms with Gasteiger partial charge in [0.05, 0.1) is 19.0 Å². The monoisotopic (exact) mass is 452 g/mol. The number of hydrogen-bond donors (Lipinski definition) is 0. The molecule has 166 valence electrons. The van der Waals surface area contributed by atoms with Crippen LogP contribution in [0.1, 0.15) is 28.1 Å². The first-order chi connectivity index (χ1) is 15.4. The highest BCUT2D eigenvalue weighted by Gasteiger charge is 2.21. The van der Waals surface area contributed by atoms with Gasteiger partial charge in [0, 0.05) is 29.7 Å². The molecule has 0 spiro atoms. The molecule has 0 saturated carbocycles. The Labute approximate surface area is 190 Å². The normalized spacial score (nSPS) is 11.2. The van der Waals surface area contributed by atoms with E-state index in [4.69, 9.17) is 9.72 Å². The SMILES string of the molecule is COc1nn(C)c2nc(C)c(CCC(=O)N(Cc3cccs3)c3ccc(F)cc3)c(C)c12. The summed E-state index contributed by atoms with van der Waals surface area (Å²) in [5, 5.41) is 7.25. The second kappa shape index (κ2) is 9.08. The summed E-state index contributed by atoms with van der Waals surface area (Å²) in [5.41, 5.74) is 4.36. The van der Waals surface area contributed by atoms with Crippen LogP contribution in [0, 0.1) is 19.7 Å². The lowest BCUT2D eigenvalue weighted by Gasteiger charge is -2.23. The van der Waals surface area contributed by atoms with Crippen LogP contribution in [0.25, 0.3) is 11.0 Å². The number of anilines is 1. The van der Waals surface area contributed by atoms with Gasteiger partial charge in [-0.3, -0.25) is 4.79 Å². The third-order valence-electron chi connectivity index (χ3n) is 5.64. The first kappa shape index (κ1) is 22.0. The molecule has 1 aromatic carbocycles. The minimum absolute atomic E-state index is 0.0259. The van der Waals surface area contributed by atoms with Crippen molar-refractivity contribution >= 4 is 34.0 Å². The average molecular weight is 453 g/mol. The Morgan fingerprint density at radius 3 is 2.62 bits per heavy atom. The molecule has 0 fully saturated rings. The van der Waals surface area contributed by atoms with Crippen molar-refractivity contribution in [1.82, 2.24) is 14.8 Å². The van der Waals surface area contributed by atoms with Gasteiger partial charge in [0.15, 0.2) is 5.65 Å². The van der Waals surface area contributed by atoms with Gasteiger partial charge in [-0.25, -0.2) is 14.1 Å². The van der Waals surface area contributed by atoms with Crippen LogP contribution < -0.4 is 9.64 Å². The minimum atomic E-state index is -0.326. The zero-order chi connectivity index (χ0) is 22.8. The van der Waals surface area contributed by atoms with Gasteiger partial charge in [-0.05, 0) is 67.1 Å². The maximum Gasteiger partial charge on any atom is 0.242 e. The van der Waals surface area contributed by atoms with Crippen LogP contribution in [-0.4, -0.2) is 27.8 Å². The fraction of sp³-hybridized carbons (Fsp3) is 0.292. The molecule has 1 amide bonds. The Bertz CT molecular complexity index is 1250. The first-order valence-corrected chi connectivity index (χ1v) is 11.2. The molecule has 0 saturated heterocycles. The standard InChI is InChI=1S/C24H25FN4O2S/c1-15-20(16(2)26-23-22(15)24(31-4)27-28(23)3)11-12-21(30)29(14-19-6-5-13-32-19)18-9-7-17(25)8-10-18/h5-10,13H,11-12,14H2,1-4H3. The molecule has 0 aliphatic heterocycles. The van der Waals surface area contributed by atoms with E-state index in [1.54, 1.807) is 40.2 Å². The van der Waals surface area contributed by atoms with E-state index in [9.17, 15) is 9.18 Å².